The molecule has 23 nitrogen and oxygen atoms in total. The fourth-order valence-corrected chi connectivity index (χ4v) is 5.57. The van der Waals surface area contributed by atoms with Crippen LogP contribution in [0.25, 0.3) is 0 Å². The van der Waals surface area contributed by atoms with Gasteiger partial charge >= 0.3 is 74.7 Å². The molecule has 5 N–H and O–H groups in total. The van der Waals surface area contributed by atoms with Gasteiger partial charge in [-0.25, -0.2) is 8.42 Å². The molecular weight excluding hydrogens is 887 g/mol. The van der Waals surface area contributed by atoms with Crippen LogP contribution in [0.4, 0.5) is 34.6 Å². The predicted octanol–water partition coefficient (Wildman–Crippen LogP) is -2.75. The van der Waals surface area contributed by atoms with E-state index < -0.39 is 66.3 Å². The Morgan fingerprint density at radius 2 is 1.18 bits per heavy atom. The van der Waals surface area contributed by atoms with E-state index in [-0.39, 0.29) is 120 Å². The Bertz CT molecular complexity index is 2200. The van der Waals surface area contributed by atoms with Crippen molar-refractivity contribution in [2.75, 3.05) is 66.7 Å². The maximum absolute atomic E-state index is 12.1. The molecule has 0 fully saturated rings. The van der Waals surface area contributed by atoms with E-state index in [0.717, 1.165) is 23.2 Å². The van der Waals surface area contributed by atoms with Crippen LogP contribution in [0.2, 0.25) is 0 Å². The number of nitrogen functional groups attached to an aromatic ring is 2. The first kappa shape index (κ1) is 59.3. The number of thioether (sulfide) groups is 1. The number of nitrogens with zero attached hydrogens (tertiary/aromatic N) is 10. The Labute approximate surface area is 404 Å². The zero-order chi connectivity index (χ0) is 44.4. The number of sulfone groups is 1. The summed E-state index contributed by atoms with van der Waals surface area (Å²) in [6.45, 7) is 8.63. The number of halogens is 1. The minimum Gasteiger partial charge on any atom is -1.00 e. The van der Waals surface area contributed by atoms with Crippen LogP contribution >= 0.6 is 11.8 Å². The van der Waals surface area contributed by atoms with Crippen molar-refractivity contribution in [2.24, 2.45) is 0 Å². The van der Waals surface area contributed by atoms with Gasteiger partial charge in [0.2, 0.25) is 33.1 Å². The minimum atomic E-state index is -3.92. The van der Waals surface area contributed by atoms with Crippen molar-refractivity contribution in [3.05, 3.63) is 79.4 Å². The average Bonchev–Trinajstić information content (AvgIpc) is 3.15. The van der Waals surface area contributed by atoms with E-state index in [1.54, 1.807) is 52.3 Å². The quantitative estimate of drug-likeness (QED) is 0.0256. The van der Waals surface area contributed by atoms with Gasteiger partial charge in [0.25, 0.3) is 5.16 Å². The number of hydrogen-bond donors (Lipinski definition) is 3. The number of ether oxygens (including phenoxy) is 2. The zero-order valence-corrected chi connectivity index (χ0v) is 39.5. The number of carbonyl (C=O) groups is 2. The topological polar surface area (TPSA) is 329 Å². The van der Waals surface area contributed by atoms with Crippen molar-refractivity contribution >= 4 is 68.2 Å². The van der Waals surface area contributed by atoms with Crippen molar-refractivity contribution in [3.63, 3.8) is 0 Å². The van der Waals surface area contributed by atoms with Gasteiger partial charge in [0, 0.05) is 49.7 Å². The number of aliphatic hydroxyl groups is 1. The summed E-state index contributed by atoms with van der Waals surface area (Å²) in [5.74, 6) is -2.54. The average molecular weight is 937 g/mol. The van der Waals surface area contributed by atoms with Crippen LogP contribution in [0.15, 0.2) is 47.0 Å². The SMILES string of the molecule is C.CCO.CCOC(=O)CN(Cc1ccc(C)nc1)c1nc(S(C)(=O)=O)nc(N)c1[N+](=O)[O-].CCOC(=O)CN(Cc1ccc(C)nc1)c1nc(SC)nc(N)c1[N+](=O)[O-].[F-].[K+]. The summed E-state index contributed by atoms with van der Waals surface area (Å²) in [6, 6.07) is 7.08. The summed E-state index contributed by atoms with van der Waals surface area (Å²) in [6.07, 6.45) is 5.74. The summed E-state index contributed by atoms with van der Waals surface area (Å²) in [4.78, 5) is 72.3. The van der Waals surface area contributed by atoms with E-state index in [1.165, 1.54) is 27.8 Å². The maximum atomic E-state index is 12.1. The van der Waals surface area contributed by atoms with Gasteiger partial charge in [0.05, 0.1) is 23.1 Å². The van der Waals surface area contributed by atoms with E-state index in [9.17, 15) is 38.2 Å². The molecular formula is C35H50FKN12O11S2. The van der Waals surface area contributed by atoms with Crippen molar-refractivity contribution in [1.82, 2.24) is 29.9 Å². The van der Waals surface area contributed by atoms with Gasteiger partial charge in [-0.15, -0.1) is 0 Å². The molecule has 27 heteroatoms. The summed E-state index contributed by atoms with van der Waals surface area (Å²) >= 11 is 1.19. The zero-order valence-electron chi connectivity index (χ0n) is 34.8. The third-order valence-electron chi connectivity index (χ3n) is 7.17. The number of aromatic nitrogens is 6. The summed E-state index contributed by atoms with van der Waals surface area (Å²) in [5.41, 5.74) is 13.2. The van der Waals surface area contributed by atoms with E-state index in [2.05, 4.69) is 29.9 Å². The monoisotopic (exact) mass is 936 g/mol. The molecule has 0 saturated carbocycles. The molecule has 0 spiro atoms. The molecule has 0 aliphatic carbocycles. The molecule has 0 unspecified atom stereocenters. The number of aliphatic hydroxyl groups excluding tert-OH is 1. The maximum Gasteiger partial charge on any atom is 1.00 e. The van der Waals surface area contributed by atoms with Gasteiger partial charge in [-0.2, -0.15) is 19.9 Å². The van der Waals surface area contributed by atoms with E-state index in [4.69, 9.17) is 26.0 Å². The fourth-order valence-electron chi connectivity index (χ4n) is 4.69. The standard InChI is InChI=1S/C16H20N6O6S.C16H20N6O4S.C2H6O.CH4.FH.K/c1-4-28-12(23)9-21(8-11-6-5-10(2)18-7-11)15-13(22(24)25)14(17)19-16(20-15)29(3,26)27;1-4-26-12(23)9-21(8-11-6-5-10(2)18-7-11)15-13(22(24)25)14(17)19-16(20-15)27-3;1-2-3;;;/h5-7H,4,8-9H2,1-3H3,(H2,17,19,20);5-7H,4,8-9H2,1-3H3,(H2,17,19,20);3H,2H2,1H3;1H4;1H;/q;;;;;+1/p-1. The van der Waals surface area contributed by atoms with Crippen LogP contribution in [0.5, 0.6) is 0 Å². The third-order valence-corrected chi connectivity index (χ3v) is 8.56. The first-order valence-corrected chi connectivity index (χ1v) is 20.5. The van der Waals surface area contributed by atoms with Gasteiger partial charge in [-0.05, 0) is 64.1 Å². The number of carbonyl (C=O) groups excluding carboxylic acids is 2. The molecule has 62 heavy (non-hydrogen) atoms. The fraction of sp³-hybridized carbons (Fsp3) is 0.429. The van der Waals surface area contributed by atoms with Crippen LogP contribution in [-0.4, -0.2) is 111 Å². The summed E-state index contributed by atoms with van der Waals surface area (Å²) < 4.78 is 33.7. The van der Waals surface area contributed by atoms with Crippen LogP contribution in [-0.2, 0) is 42.0 Å². The number of nitrogens with two attached hydrogens (primary N) is 2. The number of aryl methyl sites for hydroxylation is 2. The third kappa shape index (κ3) is 18.7. The van der Waals surface area contributed by atoms with Gasteiger partial charge in [0.1, 0.15) is 13.1 Å². The van der Waals surface area contributed by atoms with E-state index >= 15 is 0 Å². The van der Waals surface area contributed by atoms with Gasteiger partial charge in [-0.3, -0.25) is 39.8 Å². The second kappa shape index (κ2) is 28.8. The van der Waals surface area contributed by atoms with Gasteiger partial charge in [0.15, 0.2) is 5.16 Å². The number of nitro groups is 2. The van der Waals surface area contributed by atoms with Crippen molar-refractivity contribution < 1.29 is 98.5 Å². The summed E-state index contributed by atoms with van der Waals surface area (Å²) in [7, 11) is -3.92. The predicted molar refractivity (Wildman–Crippen MR) is 224 cm³/mol. The van der Waals surface area contributed by atoms with E-state index in [1.807, 2.05) is 19.1 Å². The number of esters is 2. The molecule has 0 radical (unpaired) electrons. The van der Waals surface area contributed by atoms with Crippen LogP contribution < -0.4 is 77.4 Å². The number of rotatable bonds is 16. The van der Waals surface area contributed by atoms with Crippen molar-refractivity contribution in [2.45, 2.75) is 65.4 Å². The Morgan fingerprint density at radius 1 is 0.790 bits per heavy atom. The second-order valence-electron chi connectivity index (χ2n) is 11.9. The Hall–Kier alpha value is -4.77. The number of hydrogen-bond acceptors (Lipinski definition) is 22. The van der Waals surface area contributed by atoms with Crippen molar-refractivity contribution in [1.29, 1.82) is 0 Å². The molecule has 0 amide bonds. The van der Waals surface area contributed by atoms with Crippen LogP contribution in [0.3, 0.4) is 0 Å². The minimum absolute atomic E-state index is 0. The molecule has 4 heterocycles. The Balaban J connectivity index is 0. The molecule has 336 valence electrons. The van der Waals surface area contributed by atoms with Gasteiger partial charge < -0.3 is 40.6 Å². The molecule has 0 aliphatic heterocycles. The number of anilines is 4. The first-order chi connectivity index (χ1) is 27.8. The largest absolute Gasteiger partial charge is 1.00 e. The van der Waals surface area contributed by atoms with Crippen LogP contribution in [0, 0.1) is 34.1 Å². The molecule has 0 aliphatic rings. The molecule has 4 aromatic rings. The van der Waals surface area contributed by atoms with Crippen molar-refractivity contribution in [3.8, 4) is 0 Å². The molecule has 0 aromatic carbocycles. The Morgan fingerprint density at radius 3 is 1.50 bits per heavy atom. The first-order valence-electron chi connectivity index (χ1n) is 17.4. The van der Waals surface area contributed by atoms with Crippen LogP contribution in [0.1, 0.15) is 50.7 Å². The summed E-state index contributed by atoms with van der Waals surface area (Å²) in [5, 5.41) is 30.2. The van der Waals surface area contributed by atoms with Gasteiger partial charge in [-0.1, -0.05) is 31.3 Å². The molecule has 0 saturated heterocycles. The Kier molecular flexibility index (Phi) is 27.5. The molecule has 0 bridgehead atoms. The smallest absolute Gasteiger partial charge is 1.00 e. The number of pyridine rings is 2. The molecule has 0 atom stereocenters. The molecule has 4 aromatic heterocycles. The van der Waals surface area contributed by atoms with E-state index in [0.29, 0.717) is 5.56 Å². The second-order valence-corrected chi connectivity index (χ2v) is 14.6. The molecule has 4 rings (SSSR count). The normalized spacial score (nSPS) is 10.1.